The first-order valence-electron chi connectivity index (χ1n) is 7.28. The second-order valence-corrected chi connectivity index (χ2v) is 7.09. The minimum absolute atomic E-state index is 0.178. The molecule has 25 heavy (non-hydrogen) atoms. The number of amides is 1. The highest BCUT2D eigenvalue weighted by Gasteiger charge is 2.24. The van der Waals surface area contributed by atoms with Gasteiger partial charge in [0.25, 0.3) is 5.91 Å². The number of carbonyl (C=O) groups excluding carboxylic acids is 2. The zero-order valence-electron chi connectivity index (χ0n) is 13.4. The molecule has 0 bridgehead atoms. The van der Waals surface area contributed by atoms with Crippen molar-refractivity contribution in [3.8, 4) is 11.5 Å². The molecule has 1 aliphatic rings. The smallest absolute Gasteiger partial charge is 0.308 e. The van der Waals surface area contributed by atoms with Crippen LogP contribution in [0.5, 0.6) is 11.5 Å². The molecule has 7 heteroatoms. The summed E-state index contributed by atoms with van der Waals surface area (Å²) in [6.07, 6.45) is 1.76. The van der Waals surface area contributed by atoms with Gasteiger partial charge in [-0.2, -0.15) is 0 Å². The molecule has 1 heterocycles. The molecule has 0 aromatic heterocycles. The fraction of sp³-hybridized carbons (Fsp3) is 0.111. The number of hydrogen-bond acceptors (Lipinski definition) is 4. The van der Waals surface area contributed by atoms with Gasteiger partial charge in [0.05, 0.1) is 7.11 Å². The summed E-state index contributed by atoms with van der Waals surface area (Å²) in [5.74, 6) is 0.0921. The van der Waals surface area contributed by atoms with Crippen LogP contribution in [0.15, 0.2) is 39.3 Å². The van der Waals surface area contributed by atoms with Crippen molar-refractivity contribution in [3.63, 3.8) is 0 Å². The summed E-state index contributed by atoms with van der Waals surface area (Å²) in [7, 11) is 1.49. The highest BCUT2D eigenvalue weighted by molar-refractivity contribution is 9.10. The number of nitrogens with one attached hydrogen (secondary N) is 1. The number of esters is 1. The van der Waals surface area contributed by atoms with Crippen molar-refractivity contribution in [1.82, 2.24) is 0 Å². The van der Waals surface area contributed by atoms with Gasteiger partial charge in [0.2, 0.25) is 0 Å². The van der Waals surface area contributed by atoms with Gasteiger partial charge < -0.3 is 14.8 Å². The summed E-state index contributed by atoms with van der Waals surface area (Å²) in [6, 6.07) is 8.95. The Balaban J connectivity index is 2.09. The molecule has 0 saturated heterocycles. The molecular formula is C18H13Br2NO4. The highest BCUT2D eigenvalue weighted by atomic mass is 79.9. The normalized spacial score (nSPS) is 14.2. The number of fused-ring (bicyclic) bond motifs is 1. The lowest BCUT2D eigenvalue weighted by Crippen LogP contribution is -2.04. The summed E-state index contributed by atoms with van der Waals surface area (Å²) < 4.78 is 12.0. The van der Waals surface area contributed by atoms with Crippen LogP contribution < -0.4 is 14.8 Å². The van der Waals surface area contributed by atoms with Gasteiger partial charge in [-0.1, -0.05) is 31.9 Å². The molecule has 1 N–H and O–H groups in total. The number of benzene rings is 2. The van der Waals surface area contributed by atoms with Crippen LogP contribution in [0.2, 0.25) is 0 Å². The number of rotatable bonds is 3. The largest absolute Gasteiger partial charge is 0.493 e. The fourth-order valence-electron chi connectivity index (χ4n) is 2.51. The lowest BCUT2D eigenvalue weighted by Gasteiger charge is -2.11. The van der Waals surface area contributed by atoms with Gasteiger partial charge in [0.1, 0.15) is 0 Å². The minimum atomic E-state index is -0.440. The fourth-order valence-corrected chi connectivity index (χ4v) is 3.31. The SMILES string of the molecule is COc1cc(C=C2C(=O)Nc3ccc(Br)cc32)c(Br)cc1OC(C)=O. The Labute approximate surface area is 161 Å². The Morgan fingerprint density at radius 2 is 1.92 bits per heavy atom. The number of methoxy groups -OCH3 is 1. The van der Waals surface area contributed by atoms with E-state index in [0.717, 1.165) is 21.3 Å². The van der Waals surface area contributed by atoms with Crippen LogP contribution in [0, 0.1) is 0 Å². The molecule has 0 fully saturated rings. The van der Waals surface area contributed by atoms with Gasteiger partial charge in [0.15, 0.2) is 11.5 Å². The monoisotopic (exact) mass is 465 g/mol. The van der Waals surface area contributed by atoms with E-state index in [1.807, 2.05) is 18.2 Å². The molecule has 3 rings (SSSR count). The van der Waals surface area contributed by atoms with E-state index in [0.29, 0.717) is 21.5 Å². The zero-order valence-corrected chi connectivity index (χ0v) is 16.5. The average molecular weight is 467 g/mol. The molecule has 1 amide bonds. The Morgan fingerprint density at radius 3 is 2.60 bits per heavy atom. The summed E-state index contributed by atoms with van der Waals surface area (Å²) >= 11 is 6.87. The third-order valence-corrected chi connectivity index (χ3v) is 4.78. The molecule has 1 aliphatic heterocycles. The molecule has 0 radical (unpaired) electrons. The lowest BCUT2D eigenvalue weighted by atomic mass is 10.0. The third-order valence-electron chi connectivity index (χ3n) is 3.60. The van der Waals surface area contributed by atoms with Crippen LogP contribution in [0.25, 0.3) is 11.6 Å². The van der Waals surface area contributed by atoms with E-state index >= 15 is 0 Å². The van der Waals surface area contributed by atoms with Gasteiger partial charge in [-0.3, -0.25) is 9.59 Å². The van der Waals surface area contributed by atoms with Gasteiger partial charge in [-0.15, -0.1) is 0 Å². The molecule has 2 aromatic carbocycles. The Kier molecular flexibility index (Phi) is 4.96. The number of carbonyl (C=O) groups is 2. The zero-order chi connectivity index (χ0) is 18.1. The van der Waals surface area contributed by atoms with Crippen molar-refractivity contribution in [3.05, 3.63) is 50.4 Å². The molecule has 5 nitrogen and oxygen atoms in total. The lowest BCUT2D eigenvalue weighted by molar-refractivity contribution is -0.132. The van der Waals surface area contributed by atoms with E-state index in [4.69, 9.17) is 9.47 Å². The van der Waals surface area contributed by atoms with E-state index in [1.165, 1.54) is 14.0 Å². The van der Waals surface area contributed by atoms with Crippen molar-refractivity contribution < 1.29 is 19.1 Å². The maximum atomic E-state index is 12.3. The van der Waals surface area contributed by atoms with Crippen LogP contribution in [0.3, 0.4) is 0 Å². The summed E-state index contributed by atoms with van der Waals surface area (Å²) in [6.45, 7) is 1.32. The third kappa shape index (κ3) is 3.62. The van der Waals surface area contributed by atoms with Crippen LogP contribution in [-0.4, -0.2) is 19.0 Å². The number of halogens is 2. The molecule has 0 spiro atoms. The van der Waals surface area contributed by atoms with E-state index in [9.17, 15) is 9.59 Å². The van der Waals surface area contributed by atoms with Crippen molar-refractivity contribution in [1.29, 1.82) is 0 Å². The molecule has 0 aliphatic carbocycles. The predicted molar refractivity (Wildman–Crippen MR) is 103 cm³/mol. The van der Waals surface area contributed by atoms with E-state index in [-0.39, 0.29) is 5.91 Å². The van der Waals surface area contributed by atoms with Crippen molar-refractivity contribution in [2.24, 2.45) is 0 Å². The van der Waals surface area contributed by atoms with Crippen molar-refractivity contribution >= 4 is 61.1 Å². The van der Waals surface area contributed by atoms with Gasteiger partial charge in [-0.05, 0) is 42.0 Å². The molecule has 0 atom stereocenters. The first-order valence-corrected chi connectivity index (χ1v) is 8.86. The van der Waals surface area contributed by atoms with Crippen molar-refractivity contribution in [2.45, 2.75) is 6.92 Å². The average Bonchev–Trinajstić information content (AvgIpc) is 2.84. The molecule has 2 aromatic rings. The van der Waals surface area contributed by atoms with Gasteiger partial charge in [0, 0.05) is 32.7 Å². The second-order valence-electron chi connectivity index (χ2n) is 5.32. The van der Waals surface area contributed by atoms with Crippen LogP contribution in [0.1, 0.15) is 18.1 Å². The van der Waals surface area contributed by atoms with E-state index < -0.39 is 5.97 Å². The first kappa shape index (κ1) is 17.7. The molecule has 0 saturated carbocycles. The Hall–Kier alpha value is -2.12. The van der Waals surface area contributed by atoms with Crippen LogP contribution >= 0.6 is 31.9 Å². The molecule has 0 unspecified atom stereocenters. The second kappa shape index (κ2) is 7.01. The molecular weight excluding hydrogens is 454 g/mol. The van der Waals surface area contributed by atoms with Gasteiger partial charge >= 0.3 is 5.97 Å². The maximum Gasteiger partial charge on any atom is 0.308 e. The van der Waals surface area contributed by atoms with E-state index in [2.05, 4.69) is 37.2 Å². The van der Waals surface area contributed by atoms with Gasteiger partial charge in [-0.25, -0.2) is 0 Å². The summed E-state index contributed by atoms with van der Waals surface area (Å²) in [5, 5.41) is 2.84. The predicted octanol–water partition coefficient (Wildman–Crippen LogP) is 4.64. The Bertz CT molecular complexity index is 922. The number of ether oxygens (including phenoxy) is 2. The maximum absolute atomic E-state index is 12.3. The molecule has 128 valence electrons. The van der Waals surface area contributed by atoms with Crippen LogP contribution in [-0.2, 0) is 9.59 Å². The first-order chi connectivity index (χ1) is 11.9. The minimum Gasteiger partial charge on any atom is -0.493 e. The van der Waals surface area contributed by atoms with Crippen LogP contribution in [0.4, 0.5) is 5.69 Å². The number of hydrogen-bond donors (Lipinski definition) is 1. The van der Waals surface area contributed by atoms with Crippen molar-refractivity contribution in [2.75, 3.05) is 12.4 Å². The standard InChI is InChI=1S/C18H13Br2NO4/c1-9(22)25-17-8-14(20)10(6-16(17)24-2)5-13-12-7-11(19)3-4-15(12)21-18(13)23/h3-8H,1-2H3,(H,21,23). The number of anilines is 1. The summed E-state index contributed by atoms with van der Waals surface area (Å²) in [4.78, 5) is 23.5. The topological polar surface area (TPSA) is 64.6 Å². The summed E-state index contributed by atoms with van der Waals surface area (Å²) in [5.41, 5.74) is 2.85. The Morgan fingerprint density at radius 1 is 1.16 bits per heavy atom. The van der Waals surface area contributed by atoms with E-state index in [1.54, 1.807) is 18.2 Å². The quantitative estimate of drug-likeness (QED) is 0.406. The highest BCUT2D eigenvalue weighted by Crippen LogP contribution is 2.39.